The van der Waals surface area contributed by atoms with Crippen LogP contribution in [0.15, 0.2) is 0 Å². The van der Waals surface area contributed by atoms with Crippen molar-refractivity contribution >= 4 is 39.5 Å². The lowest BCUT2D eigenvalue weighted by Crippen LogP contribution is -2.30. The fourth-order valence-electron chi connectivity index (χ4n) is 9.19. The van der Waals surface area contributed by atoms with E-state index in [1.54, 1.807) is 0 Å². The fraction of sp³-hybridized carbons (Fsp3) is 0.937. The molecule has 0 radical (unpaired) electrons. The highest BCUT2D eigenvalue weighted by molar-refractivity contribution is 7.47. The molecule has 0 rings (SSSR count). The Morgan fingerprint density at radius 1 is 0.341 bits per heavy atom. The molecule has 19 heteroatoms. The van der Waals surface area contributed by atoms with Crippen molar-refractivity contribution in [3.63, 3.8) is 0 Å². The Labute approximate surface area is 498 Å². The van der Waals surface area contributed by atoms with Gasteiger partial charge in [0.1, 0.15) is 19.3 Å². The van der Waals surface area contributed by atoms with Crippen molar-refractivity contribution < 1.29 is 80.2 Å². The lowest BCUT2D eigenvalue weighted by molar-refractivity contribution is -0.161. The van der Waals surface area contributed by atoms with Crippen molar-refractivity contribution in [3.8, 4) is 0 Å². The first kappa shape index (κ1) is 80.1. The number of ether oxygens (including phenoxy) is 4. The maximum absolute atomic E-state index is 13.0. The van der Waals surface area contributed by atoms with Crippen LogP contribution in [0.25, 0.3) is 0 Å². The average Bonchev–Trinajstić information content (AvgIpc) is 3.44. The quantitative estimate of drug-likeness (QED) is 0.0222. The van der Waals surface area contributed by atoms with Gasteiger partial charge in [0, 0.05) is 25.7 Å². The monoisotopic (exact) mass is 1210 g/mol. The predicted molar refractivity (Wildman–Crippen MR) is 326 cm³/mol. The van der Waals surface area contributed by atoms with E-state index in [9.17, 15) is 43.2 Å². The van der Waals surface area contributed by atoms with Crippen molar-refractivity contribution in [2.45, 2.75) is 318 Å². The SMILES string of the molecule is CCC(C)CCCCCCCCCCC(=O)O[C@H](COC(=O)CCCCCCCCC(C)CC)COP(=O)(O)OCC(O)COP(=O)(O)OC[C@@H](COC(=O)CCCCCCCCCCC(C)C)OC(=O)CCCCCCCCC(C)C. The number of aliphatic hydroxyl groups is 1. The zero-order chi connectivity index (χ0) is 61.1. The minimum Gasteiger partial charge on any atom is -0.462 e. The summed E-state index contributed by atoms with van der Waals surface area (Å²) in [6, 6.07) is 0. The second kappa shape index (κ2) is 53.3. The molecule has 0 aromatic heterocycles. The average molecular weight is 1210 g/mol. The van der Waals surface area contributed by atoms with E-state index in [2.05, 4.69) is 55.4 Å². The molecule has 0 aromatic carbocycles. The molecule has 0 saturated carbocycles. The summed E-state index contributed by atoms with van der Waals surface area (Å²) < 4.78 is 67.9. The second-order valence-electron chi connectivity index (χ2n) is 24.2. The van der Waals surface area contributed by atoms with Crippen LogP contribution >= 0.6 is 15.6 Å². The van der Waals surface area contributed by atoms with Gasteiger partial charge in [-0.2, -0.15) is 0 Å². The third kappa shape index (κ3) is 54.7. The topological polar surface area (TPSA) is 237 Å². The van der Waals surface area contributed by atoms with Gasteiger partial charge in [0.2, 0.25) is 0 Å². The van der Waals surface area contributed by atoms with Crippen LogP contribution in [0.2, 0.25) is 0 Å². The highest BCUT2D eigenvalue weighted by Gasteiger charge is 2.30. The molecule has 0 fully saturated rings. The first-order valence-electron chi connectivity index (χ1n) is 32.8. The summed E-state index contributed by atoms with van der Waals surface area (Å²) in [6.45, 7) is 13.9. The molecular weight excluding hydrogens is 1090 g/mol. The molecule has 486 valence electrons. The van der Waals surface area contributed by atoms with Crippen LogP contribution in [-0.2, 0) is 65.4 Å². The van der Waals surface area contributed by atoms with E-state index in [0.717, 1.165) is 114 Å². The number of hydrogen-bond acceptors (Lipinski definition) is 15. The molecule has 3 N–H and O–H groups in total. The van der Waals surface area contributed by atoms with Gasteiger partial charge in [-0.15, -0.1) is 0 Å². The van der Waals surface area contributed by atoms with Crippen LogP contribution in [0.3, 0.4) is 0 Å². The molecule has 0 aliphatic rings. The predicted octanol–water partition coefficient (Wildman–Crippen LogP) is 17.0. The molecule has 0 spiro atoms. The van der Waals surface area contributed by atoms with Gasteiger partial charge in [0.05, 0.1) is 26.4 Å². The van der Waals surface area contributed by atoms with Gasteiger partial charge < -0.3 is 33.8 Å². The van der Waals surface area contributed by atoms with E-state index >= 15 is 0 Å². The minimum absolute atomic E-state index is 0.101. The van der Waals surface area contributed by atoms with Gasteiger partial charge in [-0.3, -0.25) is 37.3 Å². The van der Waals surface area contributed by atoms with Crippen molar-refractivity contribution in [1.29, 1.82) is 0 Å². The zero-order valence-corrected chi connectivity index (χ0v) is 54.9. The number of aliphatic hydroxyl groups excluding tert-OH is 1. The highest BCUT2D eigenvalue weighted by Crippen LogP contribution is 2.45. The van der Waals surface area contributed by atoms with Gasteiger partial charge in [-0.1, -0.05) is 248 Å². The van der Waals surface area contributed by atoms with Gasteiger partial charge in [0.15, 0.2) is 12.2 Å². The Bertz CT molecular complexity index is 1650. The summed E-state index contributed by atoms with van der Waals surface area (Å²) in [7, 11) is -9.89. The molecule has 0 heterocycles. The van der Waals surface area contributed by atoms with Gasteiger partial charge in [-0.25, -0.2) is 9.13 Å². The van der Waals surface area contributed by atoms with Crippen LogP contribution in [0.5, 0.6) is 0 Å². The van der Waals surface area contributed by atoms with Crippen LogP contribution in [0.4, 0.5) is 0 Å². The molecule has 0 saturated heterocycles. The molecular formula is C63H122O17P2. The van der Waals surface area contributed by atoms with Gasteiger partial charge >= 0.3 is 39.5 Å². The van der Waals surface area contributed by atoms with E-state index in [1.807, 2.05) is 0 Å². The molecule has 7 atom stereocenters. The zero-order valence-electron chi connectivity index (χ0n) is 53.1. The van der Waals surface area contributed by atoms with Crippen LogP contribution in [-0.4, -0.2) is 96.7 Å². The number of phosphoric acid groups is 2. The Morgan fingerprint density at radius 2 is 0.585 bits per heavy atom. The number of carbonyl (C=O) groups is 4. The third-order valence-electron chi connectivity index (χ3n) is 15.0. The van der Waals surface area contributed by atoms with E-state index in [-0.39, 0.29) is 25.7 Å². The van der Waals surface area contributed by atoms with Crippen molar-refractivity contribution in [2.75, 3.05) is 39.6 Å². The molecule has 0 amide bonds. The normalized spacial score (nSPS) is 15.1. The molecule has 0 aliphatic carbocycles. The van der Waals surface area contributed by atoms with Gasteiger partial charge in [0.25, 0.3) is 0 Å². The molecule has 82 heavy (non-hydrogen) atoms. The lowest BCUT2D eigenvalue weighted by Gasteiger charge is -2.21. The summed E-state index contributed by atoms with van der Waals surface area (Å²) in [5.41, 5.74) is 0. The fourth-order valence-corrected chi connectivity index (χ4v) is 10.8. The largest absolute Gasteiger partial charge is 0.472 e. The molecule has 0 bridgehead atoms. The number of hydrogen-bond donors (Lipinski definition) is 3. The number of unbranched alkanes of at least 4 members (excludes halogenated alkanes) is 24. The summed E-state index contributed by atoms with van der Waals surface area (Å²) in [5.74, 6) is 0.750. The van der Waals surface area contributed by atoms with E-state index in [0.29, 0.717) is 31.6 Å². The molecule has 5 unspecified atom stereocenters. The molecule has 0 aromatic rings. The summed E-state index contributed by atoms with van der Waals surface area (Å²) in [6.07, 6.45) is 32.3. The number of carbonyl (C=O) groups excluding carboxylic acids is 4. The second-order valence-corrected chi connectivity index (χ2v) is 27.1. The van der Waals surface area contributed by atoms with Crippen LogP contribution in [0.1, 0.15) is 299 Å². The molecule has 17 nitrogen and oxygen atoms in total. The Kier molecular flexibility index (Phi) is 52.0. The first-order valence-corrected chi connectivity index (χ1v) is 35.8. The third-order valence-corrected chi connectivity index (χ3v) is 16.9. The van der Waals surface area contributed by atoms with Crippen LogP contribution < -0.4 is 0 Å². The Balaban J connectivity index is 5.26. The van der Waals surface area contributed by atoms with E-state index in [1.165, 1.54) is 96.3 Å². The van der Waals surface area contributed by atoms with Crippen molar-refractivity contribution in [3.05, 3.63) is 0 Å². The summed E-state index contributed by atoms with van der Waals surface area (Å²) in [4.78, 5) is 72.1. The minimum atomic E-state index is -4.94. The van der Waals surface area contributed by atoms with E-state index < -0.39 is 97.5 Å². The Morgan fingerprint density at radius 3 is 0.866 bits per heavy atom. The van der Waals surface area contributed by atoms with Crippen molar-refractivity contribution in [1.82, 2.24) is 0 Å². The molecule has 0 aliphatic heterocycles. The number of phosphoric ester groups is 2. The maximum Gasteiger partial charge on any atom is 0.472 e. The lowest BCUT2D eigenvalue weighted by atomic mass is 9.99. The summed E-state index contributed by atoms with van der Waals surface area (Å²) in [5, 5.41) is 10.5. The number of esters is 4. The van der Waals surface area contributed by atoms with Gasteiger partial charge in [-0.05, 0) is 49.4 Å². The standard InChI is InChI=1S/C63H122O17P2/c1-9-55(7)41-33-25-16-12-14-18-29-37-45-62(67)79-58(50-74-61(66)44-36-28-22-20-26-34-42-56(8)10-2)51-77-81(69,70)75-47-57(64)48-76-82(71,72)78-52-59(80-63(68)46-38-30-21-19-24-32-40-54(5)6)49-73-60(65)43-35-27-17-13-11-15-23-31-39-53(3)4/h53-59,64H,9-52H2,1-8H3,(H,69,70)(H,71,72)/t55?,56?,57?,58-,59-/m1/s1. The van der Waals surface area contributed by atoms with Crippen LogP contribution in [0, 0.1) is 23.7 Å². The first-order chi connectivity index (χ1) is 39.2. The van der Waals surface area contributed by atoms with Crippen molar-refractivity contribution in [2.24, 2.45) is 23.7 Å². The maximum atomic E-state index is 13.0. The summed E-state index contributed by atoms with van der Waals surface area (Å²) >= 11 is 0. The number of rotatable bonds is 60. The Hall–Kier alpha value is -1.94. The van der Waals surface area contributed by atoms with E-state index in [4.69, 9.17) is 37.0 Å². The highest BCUT2D eigenvalue weighted by atomic mass is 31.2. The smallest absolute Gasteiger partial charge is 0.462 e.